The molecule has 0 aromatic carbocycles. The van der Waals surface area contributed by atoms with Crippen molar-refractivity contribution in [3.05, 3.63) is 0 Å². The van der Waals surface area contributed by atoms with Crippen LogP contribution in [0.4, 0.5) is 4.79 Å². The minimum Gasteiger partial charge on any atom is -0.481 e. The number of carboxylic acids is 1. The third-order valence-electron chi connectivity index (χ3n) is 4.87. The highest BCUT2D eigenvalue weighted by atomic mass is 16.5. The molecule has 0 spiro atoms. The fourth-order valence-corrected chi connectivity index (χ4v) is 3.03. The molecular weight excluding hydrogens is 272 g/mol. The first-order chi connectivity index (χ1) is 9.85. The molecule has 0 aromatic heterocycles. The Labute approximate surface area is 125 Å². The van der Waals surface area contributed by atoms with Crippen LogP contribution in [0.15, 0.2) is 0 Å². The first kappa shape index (κ1) is 16.1. The number of piperidine rings is 1. The van der Waals surface area contributed by atoms with E-state index in [9.17, 15) is 14.7 Å². The van der Waals surface area contributed by atoms with Crippen molar-refractivity contribution < 1.29 is 19.4 Å². The fraction of sp³-hybridized carbons (Fsp3) is 0.867. The SMILES string of the molecule is CC1(CNC(=O)N2CCCC(C)(C(=O)O)C2)CCOCC1. The summed E-state index contributed by atoms with van der Waals surface area (Å²) in [6.07, 6.45) is 3.25. The minimum atomic E-state index is -0.823. The number of nitrogens with one attached hydrogen (secondary N) is 1. The molecule has 0 bridgehead atoms. The van der Waals surface area contributed by atoms with Crippen molar-refractivity contribution in [3.8, 4) is 0 Å². The van der Waals surface area contributed by atoms with Gasteiger partial charge in [0.1, 0.15) is 0 Å². The summed E-state index contributed by atoms with van der Waals surface area (Å²) < 4.78 is 5.35. The molecule has 2 N–H and O–H groups in total. The fourth-order valence-electron chi connectivity index (χ4n) is 3.03. The number of carboxylic acid groups (broad SMARTS) is 1. The van der Waals surface area contributed by atoms with Crippen molar-refractivity contribution in [3.63, 3.8) is 0 Å². The second-order valence-electron chi connectivity index (χ2n) is 6.97. The van der Waals surface area contributed by atoms with E-state index >= 15 is 0 Å². The maximum absolute atomic E-state index is 12.3. The lowest BCUT2D eigenvalue weighted by Crippen LogP contribution is -2.53. The van der Waals surface area contributed by atoms with Crippen LogP contribution < -0.4 is 5.32 Å². The van der Waals surface area contributed by atoms with E-state index in [-0.39, 0.29) is 18.0 Å². The second kappa shape index (κ2) is 6.22. The van der Waals surface area contributed by atoms with Gasteiger partial charge >= 0.3 is 12.0 Å². The monoisotopic (exact) mass is 298 g/mol. The molecule has 6 nitrogen and oxygen atoms in total. The molecule has 2 heterocycles. The van der Waals surface area contributed by atoms with Gasteiger partial charge in [0.25, 0.3) is 0 Å². The molecule has 2 aliphatic heterocycles. The lowest BCUT2D eigenvalue weighted by molar-refractivity contribution is -0.150. The van der Waals surface area contributed by atoms with Gasteiger partial charge in [-0.25, -0.2) is 4.79 Å². The highest BCUT2D eigenvalue weighted by Gasteiger charge is 2.39. The van der Waals surface area contributed by atoms with E-state index in [1.165, 1.54) is 0 Å². The molecule has 2 aliphatic rings. The van der Waals surface area contributed by atoms with Crippen molar-refractivity contribution in [2.24, 2.45) is 10.8 Å². The first-order valence-corrected chi connectivity index (χ1v) is 7.69. The molecule has 2 saturated heterocycles. The van der Waals surface area contributed by atoms with E-state index in [2.05, 4.69) is 12.2 Å². The molecule has 2 amide bonds. The molecule has 21 heavy (non-hydrogen) atoms. The molecule has 2 fully saturated rings. The number of aliphatic carboxylic acids is 1. The number of carbonyl (C=O) groups is 2. The summed E-state index contributed by atoms with van der Waals surface area (Å²) in [5.74, 6) is -0.823. The molecule has 6 heteroatoms. The van der Waals surface area contributed by atoms with E-state index in [1.807, 2.05) is 0 Å². The van der Waals surface area contributed by atoms with Crippen molar-refractivity contribution in [1.82, 2.24) is 10.2 Å². The third kappa shape index (κ3) is 3.87. The van der Waals surface area contributed by atoms with Crippen LogP contribution in [0.5, 0.6) is 0 Å². The quantitative estimate of drug-likeness (QED) is 0.831. The van der Waals surface area contributed by atoms with Gasteiger partial charge in [-0.1, -0.05) is 6.92 Å². The Morgan fingerprint density at radius 3 is 2.52 bits per heavy atom. The van der Waals surface area contributed by atoms with Gasteiger partial charge in [-0.05, 0) is 38.0 Å². The summed E-state index contributed by atoms with van der Waals surface area (Å²) in [4.78, 5) is 25.3. The molecular formula is C15H26N2O4. The molecule has 2 rings (SSSR count). The number of ether oxygens (including phenoxy) is 1. The molecule has 1 atom stereocenters. The number of carbonyl (C=O) groups excluding carboxylic acids is 1. The standard InChI is InChI=1S/C15H26N2O4/c1-14(5-8-21-9-6-14)10-16-13(20)17-7-3-4-15(2,11-17)12(18)19/h3-11H2,1-2H3,(H,16,20)(H,18,19). The van der Waals surface area contributed by atoms with Gasteiger partial charge in [0, 0.05) is 32.8 Å². The number of urea groups is 1. The average Bonchev–Trinajstić information content (AvgIpc) is 2.45. The van der Waals surface area contributed by atoms with E-state index in [1.54, 1.807) is 11.8 Å². The van der Waals surface area contributed by atoms with Crippen molar-refractivity contribution in [2.75, 3.05) is 32.8 Å². The Balaban J connectivity index is 1.87. The zero-order chi connectivity index (χ0) is 15.5. The summed E-state index contributed by atoms with van der Waals surface area (Å²) in [7, 11) is 0. The van der Waals surface area contributed by atoms with Gasteiger partial charge < -0.3 is 20.1 Å². The molecule has 0 aliphatic carbocycles. The van der Waals surface area contributed by atoms with Crippen molar-refractivity contribution in [1.29, 1.82) is 0 Å². The average molecular weight is 298 g/mol. The Morgan fingerprint density at radius 1 is 1.24 bits per heavy atom. The van der Waals surface area contributed by atoms with Crippen LogP contribution in [0.25, 0.3) is 0 Å². The third-order valence-corrected chi connectivity index (χ3v) is 4.87. The number of nitrogens with zero attached hydrogens (tertiary/aromatic N) is 1. The van der Waals surface area contributed by atoms with Crippen LogP contribution in [-0.2, 0) is 9.53 Å². The number of rotatable bonds is 3. The van der Waals surface area contributed by atoms with Crippen LogP contribution in [0.2, 0.25) is 0 Å². The number of hydrogen-bond donors (Lipinski definition) is 2. The topological polar surface area (TPSA) is 78.9 Å². The maximum Gasteiger partial charge on any atom is 0.317 e. The van der Waals surface area contributed by atoms with Crippen LogP contribution in [0, 0.1) is 10.8 Å². The summed E-state index contributed by atoms with van der Waals surface area (Å²) in [5, 5.41) is 12.3. The van der Waals surface area contributed by atoms with Crippen LogP contribution in [0.3, 0.4) is 0 Å². The van der Waals surface area contributed by atoms with E-state index in [0.29, 0.717) is 19.5 Å². The van der Waals surface area contributed by atoms with Gasteiger partial charge in [-0.3, -0.25) is 4.79 Å². The van der Waals surface area contributed by atoms with Crippen LogP contribution >= 0.6 is 0 Å². The van der Waals surface area contributed by atoms with Crippen molar-refractivity contribution >= 4 is 12.0 Å². The summed E-state index contributed by atoms with van der Waals surface area (Å²) in [6, 6.07) is -0.144. The Bertz CT molecular complexity index is 406. The lowest BCUT2D eigenvalue weighted by atomic mass is 9.82. The molecule has 0 saturated carbocycles. The van der Waals surface area contributed by atoms with Crippen LogP contribution in [0.1, 0.15) is 39.5 Å². The number of likely N-dealkylation sites (tertiary alicyclic amines) is 1. The summed E-state index contributed by atoms with van der Waals surface area (Å²) >= 11 is 0. The van der Waals surface area contributed by atoms with E-state index in [4.69, 9.17) is 4.74 Å². The molecule has 120 valence electrons. The molecule has 0 aromatic rings. The van der Waals surface area contributed by atoms with Gasteiger partial charge in [0.05, 0.1) is 5.41 Å². The predicted molar refractivity (Wildman–Crippen MR) is 78.1 cm³/mol. The second-order valence-corrected chi connectivity index (χ2v) is 6.97. The smallest absolute Gasteiger partial charge is 0.317 e. The largest absolute Gasteiger partial charge is 0.481 e. The Morgan fingerprint density at radius 2 is 1.90 bits per heavy atom. The molecule has 1 unspecified atom stereocenters. The number of hydrogen-bond acceptors (Lipinski definition) is 3. The highest BCUT2D eigenvalue weighted by Crippen LogP contribution is 2.31. The van der Waals surface area contributed by atoms with Gasteiger partial charge in [-0.2, -0.15) is 0 Å². The molecule has 0 radical (unpaired) electrons. The Kier molecular flexibility index (Phi) is 4.76. The summed E-state index contributed by atoms with van der Waals surface area (Å²) in [6.45, 7) is 6.90. The van der Waals surface area contributed by atoms with Crippen molar-refractivity contribution in [2.45, 2.75) is 39.5 Å². The highest BCUT2D eigenvalue weighted by molar-refractivity contribution is 5.78. The normalized spacial score (nSPS) is 29.0. The van der Waals surface area contributed by atoms with Gasteiger partial charge in [0.2, 0.25) is 0 Å². The van der Waals surface area contributed by atoms with Crippen LogP contribution in [-0.4, -0.2) is 54.9 Å². The van der Waals surface area contributed by atoms with Gasteiger partial charge in [0.15, 0.2) is 0 Å². The first-order valence-electron chi connectivity index (χ1n) is 7.69. The number of amides is 2. The Hall–Kier alpha value is -1.30. The lowest BCUT2D eigenvalue weighted by Gasteiger charge is -2.39. The minimum absolute atomic E-state index is 0.0831. The van der Waals surface area contributed by atoms with E-state index < -0.39 is 11.4 Å². The zero-order valence-corrected chi connectivity index (χ0v) is 13.0. The van der Waals surface area contributed by atoms with Gasteiger partial charge in [-0.15, -0.1) is 0 Å². The summed E-state index contributed by atoms with van der Waals surface area (Å²) in [5.41, 5.74) is -0.738. The van der Waals surface area contributed by atoms with E-state index in [0.717, 1.165) is 32.5 Å². The maximum atomic E-state index is 12.3. The predicted octanol–water partition coefficient (Wildman–Crippen LogP) is 1.70. The zero-order valence-electron chi connectivity index (χ0n) is 13.0.